The molecule has 1 rings (SSSR count). The molecular weight excluding hydrogens is 409 g/mol. The fraction of sp³-hybridized carbons (Fsp3) is 0.760. The van der Waals surface area contributed by atoms with Crippen molar-refractivity contribution in [2.75, 3.05) is 39.3 Å². The summed E-state index contributed by atoms with van der Waals surface area (Å²) in [4.78, 5) is 0. The van der Waals surface area contributed by atoms with Crippen LogP contribution in [-0.4, -0.2) is 53.3 Å². The highest BCUT2D eigenvalue weighted by Gasteiger charge is 2.54. The van der Waals surface area contributed by atoms with Crippen molar-refractivity contribution in [1.29, 1.82) is 0 Å². The van der Waals surface area contributed by atoms with Crippen LogP contribution in [0.15, 0.2) is 30.3 Å². The molecule has 1 aromatic carbocycles. The van der Waals surface area contributed by atoms with E-state index in [-0.39, 0.29) is 12.4 Å². The van der Waals surface area contributed by atoms with Crippen LogP contribution in [0.5, 0.6) is 0 Å². The van der Waals surface area contributed by atoms with Gasteiger partial charge in [0.2, 0.25) is 7.71 Å². The summed E-state index contributed by atoms with van der Waals surface area (Å²) >= 11 is 0. The highest BCUT2D eigenvalue weighted by atomic mass is 35.5. The minimum Gasteiger partial charge on any atom is -1.00 e. The third kappa shape index (κ3) is 8.40. The molecule has 0 heterocycles. The van der Waals surface area contributed by atoms with E-state index in [1.54, 1.807) is 0 Å². The molecule has 1 aromatic rings. The van der Waals surface area contributed by atoms with Gasteiger partial charge in [-0.2, -0.15) is 0 Å². The minimum absolute atomic E-state index is 0. The fourth-order valence-electron chi connectivity index (χ4n) is 4.51. The van der Waals surface area contributed by atoms with Crippen LogP contribution in [0, 0.1) is 0 Å². The molecule has 0 aliphatic carbocycles. The van der Waals surface area contributed by atoms with Gasteiger partial charge in [-0.25, -0.2) is 0 Å². The normalized spacial score (nSPS) is 12.0. The van der Waals surface area contributed by atoms with Crippen molar-refractivity contribution < 1.29 is 12.4 Å². The van der Waals surface area contributed by atoms with E-state index in [4.69, 9.17) is 0 Å². The van der Waals surface area contributed by atoms with Crippen LogP contribution in [-0.2, 0) is 6.16 Å². The van der Waals surface area contributed by atoms with Gasteiger partial charge in [0.05, 0.1) is 0 Å². The Labute approximate surface area is 195 Å². The van der Waals surface area contributed by atoms with Gasteiger partial charge in [0.1, 0.15) is 6.16 Å². The summed E-state index contributed by atoms with van der Waals surface area (Å²) in [5.41, 5.74) is 1.51. The molecule has 5 heteroatoms. The van der Waals surface area contributed by atoms with Crippen molar-refractivity contribution in [3.63, 3.8) is 0 Å². The van der Waals surface area contributed by atoms with Crippen LogP contribution < -0.4 is 12.4 Å². The summed E-state index contributed by atoms with van der Waals surface area (Å²) in [5, 5.41) is 0. The van der Waals surface area contributed by atoms with E-state index >= 15 is 0 Å². The Morgan fingerprint density at radius 2 is 0.833 bits per heavy atom. The van der Waals surface area contributed by atoms with Crippen molar-refractivity contribution in [2.45, 2.75) is 86.2 Å². The summed E-state index contributed by atoms with van der Waals surface area (Å²) < 4.78 is 8.82. The molecule has 0 amide bonds. The average molecular weight is 458 g/mol. The smallest absolute Gasteiger partial charge is 0.231 e. The molecule has 0 unspecified atom stereocenters. The molecule has 0 saturated carbocycles. The predicted molar refractivity (Wildman–Crippen MR) is 134 cm³/mol. The van der Waals surface area contributed by atoms with Crippen molar-refractivity contribution in [3.8, 4) is 0 Å². The van der Waals surface area contributed by atoms with E-state index in [1.807, 2.05) is 0 Å². The number of hydrogen-bond acceptors (Lipinski definition) is 3. The summed E-state index contributed by atoms with van der Waals surface area (Å²) in [5.74, 6) is 0. The Balaban J connectivity index is 0.00000841. The van der Waals surface area contributed by atoms with Gasteiger partial charge in [0.25, 0.3) is 0 Å². The number of benzene rings is 1. The van der Waals surface area contributed by atoms with Gasteiger partial charge >= 0.3 is 0 Å². The second-order valence-corrected chi connectivity index (χ2v) is 11.6. The van der Waals surface area contributed by atoms with E-state index in [1.165, 1.54) is 89.5 Å². The molecule has 0 fully saturated rings. The Morgan fingerprint density at radius 1 is 0.533 bits per heavy atom. The third-order valence-corrected chi connectivity index (χ3v) is 10.2. The van der Waals surface area contributed by atoms with Gasteiger partial charge in [0, 0.05) is 39.3 Å². The number of rotatable bonds is 17. The predicted octanol–water partition coefficient (Wildman–Crippen LogP) is 4.32. The van der Waals surface area contributed by atoms with Crippen molar-refractivity contribution in [3.05, 3.63) is 35.9 Å². The standard InChI is InChI=1S/C25H49N3P.ClH/c1-7-18-26(19-8-2)29(27(20-9-3)21-10-4,28(22-11-5)23-12-6)24-25-16-14-13-15-17-25;/h13-17H,7-12,18-24H2,1-6H3;1H/q+1;/p-1. The quantitative estimate of drug-likeness (QED) is 0.322. The van der Waals surface area contributed by atoms with Gasteiger partial charge in [-0.05, 0) is 44.1 Å². The lowest BCUT2D eigenvalue weighted by atomic mass is 10.2. The van der Waals surface area contributed by atoms with E-state index in [2.05, 4.69) is 85.9 Å². The Morgan fingerprint density at radius 3 is 1.10 bits per heavy atom. The van der Waals surface area contributed by atoms with Crippen LogP contribution in [0.4, 0.5) is 0 Å². The Hall–Kier alpha value is -0.180. The molecule has 0 bridgehead atoms. The monoisotopic (exact) mass is 457 g/mol. The zero-order valence-corrected chi connectivity index (χ0v) is 22.4. The van der Waals surface area contributed by atoms with Gasteiger partial charge in [-0.15, -0.1) is 14.0 Å². The lowest BCUT2D eigenvalue weighted by Crippen LogP contribution is -3.00. The highest BCUT2D eigenvalue weighted by molar-refractivity contribution is 7.68. The molecule has 30 heavy (non-hydrogen) atoms. The van der Waals surface area contributed by atoms with Crippen LogP contribution in [0.1, 0.15) is 85.6 Å². The maximum atomic E-state index is 2.94. The molecule has 0 N–H and O–H groups in total. The maximum Gasteiger partial charge on any atom is 0.231 e. The molecule has 0 radical (unpaired) electrons. The molecular formula is C25H49ClN3P. The molecule has 0 aliphatic heterocycles. The second kappa shape index (κ2) is 17.4. The highest BCUT2D eigenvalue weighted by Crippen LogP contribution is 2.70. The number of hydrogen-bond donors (Lipinski definition) is 0. The molecule has 0 atom stereocenters. The van der Waals surface area contributed by atoms with Crippen molar-refractivity contribution in [2.24, 2.45) is 0 Å². The lowest BCUT2D eigenvalue weighted by molar-refractivity contribution is -0.00000675. The molecule has 0 saturated heterocycles. The molecule has 3 nitrogen and oxygen atoms in total. The van der Waals surface area contributed by atoms with Gasteiger partial charge in [-0.1, -0.05) is 71.9 Å². The van der Waals surface area contributed by atoms with E-state index in [0.717, 1.165) is 0 Å². The van der Waals surface area contributed by atoms with E-state index in [0.29, 0.717) is 0 Å². The van der Waals surface area contributed by atoms with E-state index in [9.17, 15) is 0 Å². The SMILES string of the molecule is CCCN(CCC)[P+](Cc1ccccc1)(N(CCC)CCC)N(CCC)CCC.[Cl-]. The maximum absolute atomic E-state index is 2.94. The topological polar surface area (TPSA) is 9.72 Å². The van der Waals surface area contributed by atoms with Crippen LogP contribution >= 0.6 is 7.71 Å². The van der Waals surface area contributed by atoms with Crippen molar-refractivity contribution in [1.82, 2.24) is 14.0 Å². The van der Waals surface area contributed by atoms with Crippen LogP contribution in [0.3, 0.4) is 0 Å². The van der Waals surface area contributed by atoms with Gasteiger partial charge < -0.3 is 12.4 Å². The zero-order chi connectivity index (χ0) is 21.5. The number of halogens is 1. The number of nitrogens with zero attached hydrogens (tertiary/aromatic N) is 3. The molecule has 0 aromatic heterocycles. The Bertz CT molecular complexity index is 456. The fourth-order valence-corrected chi connectivity index (χ4v) is 10.0. The summed E-state index contributed by atoms with van der Waals surface area (Å²) in [7, 11) is -1.65. The summed E-state index contributed by atoms with van der Waals surface area (Å²) in [6.07, 6.45) is 8.57. The van der Waals surface area contributed by atoms with Crippen LogP contribution in [0.2, 0.25) is 0 Å². The molecule has 176 valence electrons. The first kappa shape index (κ1) is 29.8. The first-order valence-electron chi connectivity index (χ1n) is 12.3. The molecule has 0 spiro atoms. The van der Waals surface area contributed by atoms with Crippen LogP contribution in [0.25, 0.3) is 0 Å². The first-order chi connectivity index (χ1) is 14.1. The van der Waals surface area contributed by atoms with Gasteiger partial charge in [-0.3, -0.25) is 0 Å². The van der Waals surface area contributed by atoms with Gasteiger partial charge in [0.15, 0.2) is 0 Å². The largest absolute Gasteiger partial charge is 1.00 e. The van der Waals surface area contributed by atoms with E-state index < -0.39 is 7.71 Å². The molecule has 0 aliphatic rings. The lowest BCUT2D eigenvalue weighted by Gasteiger charge is -2.48. The zero-order valence-electron chi connectivity index (χ0n) is 20.7. The van der Waals surface area contributed by atoms with Crippen molar-refractivity contribution >= 4 is 7.71 Å². The second-order valence-electron chi connectivity index (χ2n) is 8.20. The Kier molecular flexibility index (Phi) is 17.3. The first-order valence-corrected chi connectivity index (χ1v) is 14.2. The minimum atomic E-state index is -1.65. The summed E-state index contributed by atoms with van der Waals surface area (Å²) in [6.45, 7) is 21.4. The summed E-state index contributed by atoms with van der Waals surface area (Å²) in [6, 6.07) is 11.3. The third-order valence-electron chi connectivity index (χ3n) is 5.49. The average Bonchev–Trinajstić information content (AvgIpc) is 2.72.